The van der Waals surface area contributed by atoms with Crippen molar-refractivity contribution in [3.63, 3.8) is 0 Å². The highest BCUT2D eigenvalue weighted by atomic mass is 35.5. The maximum Gasteiger partial charge on any atom is 0.501 e. The summed E-state index contributed by atoms with van der Waals surface area (Å²) < 4.78 is 104. The average molecular weight is 1030 g/mol. The number of anilines is 2. The Bertz CT molecular complexity index is 2640. The van der Waals surface area contributed by atoms with Gasteiger partial charge in [0.2, 0.25) is 0 Å². The number of amides is 1. The third-order valence-electron chi connectivity index (χ3n) is 13.1. The molecule has 1 aliphatic carbocycles. The number of hydrogen-bond donors (Lipinski definition) is 2. The lowest BCUT2D eigenvalue weighted by Gasteiger charge is -2.39. The largest absolute Gasteiger partial charge is 0.501 e. The number of halogens is 4. The molecule has 11 nitrogen and oxygen atoms in total. The van der Waals surface area contributed by atoms with Gasteiger partial charge in [0, 0.05) is 85.3 Å². The molecule has 0 bridgehead atoms. The van der Waals surface area contributed by atoms with E-state index in [0.29, 0.717) is 29.8 Å². The number of nitrogens with zero attached hydrogens (tertiary/aromatic N) is 3. The van der Waals surface area contributed by atoms with Crippen LogP contribution in [0.3, 0.4) is 0 Å². The van der Waals surface area contributed by atoms with Crippen molar-refractivity contribution in [2.24, 2.45) is 5.41 Å². The van der Waals surface area contributed by atoms with Gasteiger partial charge in [-0.05, 0) is 136 Å². The first-order valence-corrected chi connectivity index (χ1v) is 27.9. The average Bonchev–Trinajstić information content (AvgIpc) is 3.30. The number of thioether (sulfide) groups is 1. The van der Waals surface area contributed by atoms with Crippen LogP contribution in [-0.2, 0) is 24.6 Å². The molecule has 7 rings (SSSR count). The number of alkyl halides is 3. The normalized spacial score (nSPS) is 18.4. The second kappa shape index (κ2) is 22.5. The molecule has 374 valence electrons. The van der Waals surface area contributed by atoms with Gasteiger partial charge in [-0.3, -0.25) is 9.69 Å². The Labute approximate surface area is 415 Å². The van der Waals surface area contributed by atoms with Gasteiger partial charge in [0.15, 0.2) is 0 Å². The van der Waals surface area contributed by atoms with Crippen LogP contribution in [0.15, 0.2) is 117 Å². The number of benzene rings is 4. The number of nitrogens with one attached hydrogen (secondary N) is 2. The van der Waals surface area contributed by atoms with Gasteiger partial charge in [0.1, 0.15) is 4.90 Å². The fourth-order valence-electron chi connectivity index (χ4n) is 9.32. The Kier molecular flexibility index (Phi) is 17.2. The molecule has 2 heterocycles. The van der Waals surface area contributed by atoms with E-state index in [9.17, 15) is 34.8 Å². The minimum absolute atomic E-state index is 0.000560. The Morgan fingerprint density at radius 3 is 2.17 bits per heavy atom. The molecule has 0 spiro atoms. The molecule has 69 heavy (non-hydrogen) atoms. The zero-order chi connectivity index (χ0) is 49.6. The van der Waals surface area contributed by atoms with Crippen LogP contribution in [0.4, 0.5) is 24.5 Å². The highest BCUT2D eigenvalue weighted by molar-refractivity contribution is 7.99. The standard InChI is InChI=1S/C51H63ClF3N5O6S3/c1-36(2)66-43-22-26-58(27-23-43)25-21-41(35-67-44-8-6-5-7-9-44)56-47-19-18-45(32-48(47)68(62,63)51(53,54)55)69(64,65)57-49(61)38-12-16-42(17-13-38)60-30-28-59(29-31-60)34-39-33-50(3,4)24-20-46(39)37-10-14-40(52)15-11-37/h5-19,32,36,41,43,56H,20-31,33-35H2,1-4H3,(H,57,61)/t41-/m1/s1. The Morgan fingerprint density at radius 1 is 0.870 bits per heavy atom. The van der Waals surface area contributed by atoms with Crippen LogP contribution in [-0.4, -0.2) is 114 Å². The Balaban J connectivity index is 1.01. The lowest BCUT2D eigenvalue weighted by Crippen LogP contribution is -2.47. The zero-order valence-corrected chi connectivity index (χ0v) is 42.8. The molecule has 0 radical (unpaired) electrons. The molecule has 18 heteroatoms. The van der Waals surface area contributed by atoms with E-state index in [0.717, 1.165) is 101 Å². The highest BCUT2D eigenvalue weighted by Crippen LogP contribution is 2.43. The molecule has 4 aromatic rings. The molecule has 0 unspecified atom stereocenters. The van der Waals surface area contributed by atoms with Crippen LogP contribution in [0.1, 0.15) is 82.1 Å². The summed E-state index contributed by atoms with van der Waals surface area (Å²) in [5, 5.41) is 3.75. The van der Waals surface area contributed by atoms with Gasteiger partial charge < -0.3 is 19.9 Å². The van der Waals surface area contributed by atoms with Gasteiger partial charge >= 0.3 is 5.51 Å². The second-order valence-corrected chi connectivity index (χ2v) is 24.4. The highest BCUT2D eigenvalue weighted by Gasteiger charge is 2.48. The van der Waals surface area contributed by atoms with Crippen molar-refractivity contribution in [3.05, 3.63) is 119 Å². The molecular formula is C51H63ClF3N5O6S3. The van der Waals surface area contributed by atoms with E-state index >= 15 is 0 Å². The monoisotopic (exact) mass is 1030 g/mol. The van der Waals surface area contributed by atoms with Gasteiger partial charge in [0.05, 0.1) is 22.8 Å². The maximum atomic E-state index is 14.3. The first-order valence-electron chi connectivity index (χ1n) is 23.5. The Hall–Kier alpha value is -4.10. The lowest BCUT2D eigenvalue weighted by molar-refractivity contribution is -0.0436. The summed E-state index contributed by atoms with van der Waals surface area (Å²) in [6.45, 7) is 14.7. The minimum Gasteiger partial charge on any atom is -0.380 e. The van der Waals surface area contributed by atoms with Gasteiger partial charge in [-0.1, -0.05) is 61.4 Å². The molecular weight excluding hydrogens is 967 g/mol. The number of carbonyl (C=O) groups is 1. The van der Waals surface area contributed by atoms with E-state index in [1.807, 2.05) is 61.0 Å². The molecule has 2 N–H and O–H groups in total. The topological polar surface area (TPSA) is 128 Å². The number of carbonyl (C=O) groups excluding carboxylic acids is 1. The van der Waals surface area contributed by atoms with Crippen molar-refractivity contribution in [2.75, 3.05) is 68.3 Å². The number of ether oxygens (including phenoxy) is 1. The summed E-state index contributed by atoms with van der Waals surface area (Å²) in [4.78, 5) is 19.2. The van der Waals surface area contributed by atoms with Crippen molar-refractivity contribution in [1.29, 1.82) is 0 Å². The van der Waals surface area contributed by atoms with Crippen LogP contribution >= 0.6 is 23.4 Å². The first-order chi connectivity index (χ1) is 32.7. The quantitative estimate of drug-likeness (QED) is 0.0925. The van der Waals surface area contributed by atoms with E-state index in [2.05, 4.69) is 46.0 Å². The second-order valence-electron chi connectivity index (χ2n) is 19.3. The van der Waals surface area contributed by atoms with E-state index in [1.165, 1.54) is 40.6 Å². The number of rotatable bonds is 18. The van der Waals surface area contributed by atoms with Gasteiger partial charge in [0.25, 0.3) is 25.8 Å². The molecule has 1 amide bonds. The molecule has 3 aliphatic rings. The summed E-state index contributed by atoms with van der Waals surface area (Å²) in [5.41, 5.74) is -1.01. The van der Waals surface area contributed by atoms with E-state index in [4.69, 9.17) is 16.3 Å². The third-order valence-corrected chi connectivity index (χ3v) is 17.4. The SMILES string of the molecule is CC(C)OC1CCN(CC[C@H](CSc2ccccc2)Nc2ccc(S(=O)(=O)NC(=O)c3ccc(N4CCN(CC5=C(c6ccc(Cl)cc6)CCC(C)(C)C5)CC4)cc3)cc2S(=O)(=O)C(F)(F)F)CC1. The number of sulfone groups is 1. The summed E-state index contributed by atoms with van der Waals surface area (Å²) >= 11 is 7.66. The van der Waals surface area contributed by atoms with Crippen LogP contribution in [0.5, 0.6) is 0 Å². The molecule has 2 aliphatic heterocycles. The van der Waals surface area contributed by atoms with Crippen LogP contribution < -0.4 is 14.9 Å². The fourth-order valence-corrected chi connectivity index (χ4v) is 12.5. The van der Waals surface area contributed by atoms with E-state index < -0.39 is 52.8 Å². The maximum absolute atomic E-state index is 14.3. The zero-order valence-electron chi connectivity index (χ0n) is 39.6. The molecule has 1 atom stereocenters. The van der Waals surface area contributed by atoms with Crippen LogP contribution in [0.25, 0.3) is 5.57 Å². The van der Waals surface area contributed by atoms with Gasteiger partial charge in [-0.25, -0.2) is 21.6 Å². The Morgan fingerprint density at radius 2 is 1.54 bits per heavy atom. The number of hydrogen-bond acceptors (Lipinski definition) is 11. The fraction of sp³-hybridized carbons (Fsp3) is 0.471. The summed E-state index contributed by atoms with van der Waals surface area (Å²) in [6, 6.07) is 25.9. The lowest BCUT2D eigenvalue weighted by atomic mass is 9.73. The van der Waals surface area contributed by atoms with Gasteiger partial charge in [-0.15, -0.1) is 11.8 Å². The van der Waals surface area contributed by atoms with E-state index in [-0.39, 0.29) is 23.2 Å². The first kappa shape index (κ1) is 52.7. The molecule has 2 saturated heterocycles. The number of sulfonamides is 1. The summed E-state index contributed by atoms with van der Waals surface area (Å²) in [7, 11) is -10.9. The number of piperidine rings is 1. The predicted molar refractivity (Wildman–Crippen MR) is 270 cm³/mol. The van der Waals surface area contributed by atoms with E-state index in [1.54, 1.807) is 12.1 Å². The van der Waals surface area contributed by atoms with Crippen LogP contribution in [0.2, 0.25) is 5.02 Å². The summed E-state index contributed by atoms with van der Waals surface area (Å²) in [6.07, 6.45) is 5.54. The molecule has 0 saturated carbocycles. The number of allylic oxidation sites excluding steroid dienone is 1. The number of piperazine rings is 1. The molecule has 2 fully saturated rings. The van der Waals surface area contributed by atoms with Crippen molar-refractivity contribution in [1.82, 2.24) is 14.5 Å². The predicted octanol–water partition coefficient (Wildman–Crippen LogP) is 10.4. The number of likely N-dealkylation sites (tertiary alicyclic amines) is 1. The van der Waals surface area contributed by atoms with Gasteiger partial charge in [-0.2, -0.15) is 13.2 Å². The van der Waals surface area contributed by atoms with Crippen molar-refractivity contribution < 1.29 is 39.5 Å². The van der Waals surface area contributed by atoms with Crippen molar-refractivity contribution >= 4 is 66.1 Å². The van der Waals surface area contributed by atoms with Crippen molar-refractivity contribution in [3.8, 4) is 0 Å². The van der Waals surface area contributed by atoms with Crippen LogP contribution in [0, 0.1) is 5.41 Å². The minimum atomic E-state index is -6.07. The van der Waals surface area contributed by atoms with Crippen molar-refractivity contribution in [2.45, 2.75) is 105 Å². The third kappa shape index (κ3) is 14.1. The molecule has 4 aromatic carbocycles. The molecule has 0 aromatic heterocycles. The summed E-state index contributed by atoms with van der Waals surface area (Å²) in [5.74, 6) is -0.649. The smallest absolute Gasteiger partial charge is 0.380 e.